The third-order valence-electron chi connectivity index (χ3n) is 3.47. The van der Waals surface area contributed by atoms with Gasteiger partial charge in [-0.25, -0.2) is 4.98 Å². The lowest BCUT2D eigenvalue weighted by molar-refractivity contribution is 0.353. The molecule has 19 heavy (non-hydrogen) atoms. The minimum absolute atomic E-state index is 0.253. The Kier molecular flexibility index (Phi) is 3.16. The molecule has 0 amide bonds. The summed E-state index contributed by atoms with van der Waals surface area (Å²) < 4.78 is 10.3. The number of pyridine rings is 1. The Morgan fingerprint density at radius 1 is 1.37 bits per heavy atom. The van der Waals surface area contributed by atoms with Crippen molar-refractivity contribution in [2.24, 2.45) is 5.73 Å². The van der Waals surface area contributed by atoms with E-state index in [4.69, 9.17) is 15.0 Å². The summed E-state index contributed by atoms with van der Waals surface area (Å²) in [6.07, 6.45) is 4.63. The second-order valence-electron chi connectivity index (χ2n) is 4.82. The standard InChI is InChI=1S/C13H16N4O2/c1-18-11-5-3-9(7-15-11)12-16-13(19-17-12)8-2-4-10(14)6-8/h3,5,7-8,10H,2,4,6,14H2,1H3. The average Bonchev–Trinajstić information content (AvgIpc) is 3.07. The van der Waals surface area contributed by atoms with E-state index >= 15 is 0 Å². The fraction of sp³-hybridized carbons (Fsp3) is 0.462. The van der Waals surface area contributed by atoms with Crippen LogP contribution in [0.5, 0.6) is 5.88 Å². The van der Waals surface area contributed by atoms with E-state index in [1.165, 1.54) is 0 Å². The van der Waals surface area contributed by atoms with Crippen LogP contribution in [0, 0.1) is 0 Å². The van der Waals surface area contributed by atoms with Crippen LogP contribution in [0.3, 0.4) is 0 Å². The summed E-state index contributed by atoms with van der Waals surface area (Å²) in [6, 6.07) is 3.89. The predicted molar refractivity (Wildman–Crippen MR) is 68.6 cm³/mol. The largest absolute Gasteiger partial charge is 0.481 e. The molecule has 1 aliphatic carbocycles. The summed E-state index contributed by atoms with van der Waals surface area (Å²) in [5, 5.41) is 4.00. The van der Waals surface area contributed by atoms with Crippen molar-refractivity contribution < 1.29 is 9.26 Å². The molecule has 0 aliphatic heterocycles. The van der Waals surface area contributed by atoms with Crippen LogP contribution >= 0.6 is 0 Å². The van der Waals surface area contributed by atoms with Crippen molar-refractivity contribution in [3.63, 3.8) is 0 Å². The summed E-state index contributed by atoms with van der Waals surface area (Å²) >= 11 is 0. The first-order chi connectivity index (χ1) is 9.26. The first kappa shape index (κ1) is 12.1. The van der Waals surface area contributed by atoms with Crippen LogP contribution in [0.4, 0.5) is 0 Å². The highest BCUT2D eigenvalue weighted by Crippen LogP contribution is 2.33. The normalized spacial score (nSPS) is 22.6. The van der Waals surface area contributed by atoms with Gasteiger partial charge in [0.25, 0.3) is 0 Å². The van der Waals surface area contributed by atoms with E-state index in [2.05, 4.69) is 15.1 Å². The fourth-order valence-electron chi connectivity index (χ4n) is 2.39. The number of nitrogens with zero attached hydrogens (tertiary/aromatic N) is 3. The van der Waals surface area contributed by atoms with E-state index in [0.29, 0.717) is 23.5 Å². The number of methoxy groups -OCH3 is 1. The van der Waals surface area contributed by atoms with Crippen LogP contribution in [-0.4, -0.2) is 28.3 Å². The molecular formula is C13H16N4O2. The maximum atomic E-state index is 5.90. The maximum absolute atomic E-state index is 5.90. The molecule has 2 aromatic rings. The molecule has 1 saturated carbocycles. The highest BCUT2D eigenvalue weighted by Gasteiger charge is 2.28. The van der Waals surface area contributed by atoms with Gasteiger partial charge in [0, 0.05) is 29.8 Å². The third-order valence-corrected chi connectivity index (χ3v) is 3.47. The Morgan fingerprint density at radius 2 is 2.26 bits per heavy atom. The van der Waals surface area contributed by atoms with Gasteiger partial charge in [0.1, 0.15) is 0 Å². The molecule has 1 aliphatic rings. The van der Waals surface area contributed by atoms with Crippen LogP contribution in [0.1, 0.15) is 31.1 Å². The predicted octanol–water partition coefficient (Wildman–Crippen LogP) is 1.74. The van der Waals surface area contributed by atoms with Gasteiger partial charge in [-0.15, -0.1) is 0 Å². The molecule has 6 nitrogen and oxygen atoms in total. The molecule has 2 atom stereocenters. The molecule has 6 heteroatoms. The number of rotatable bonds is 3. The van der Waals surface area contributed by atoms with Gasteiger partial charge in [0.2, 0.25) is 17.6 Å². The van der Waals surface area contributed by atoms with Crippen LogP contribution in [-0.2, 0) is 0 Å². The Morgan fingerprint density at radius 3 is 2.89 bits per heavy atom. The number of hydrogen-bond donors (Lipinski definition) is 1. The molecule has 100 valence electrons. The SMILES string of the molecule is COc1ccc(-c2noc(C3CCC(N)C3)n2)cn1. The lowest BCUT2D eigenvalue weighted by Gasteiger charge is -2.01. The fourth-order valence-corrected chi connectivity index (χ4v) is 2.39. The van der Waals surface area contributed by atoms with Gasteiger partial charge < -0.3 is 15.0 Å². The van der Waals surface area contributed by atoms with E-state index in [1.807, 2.05) is 6.07 Å². The minimum atomic E-state index is 0.253. The molecule has 3 rings (SSSR count). The maximum Gasteiger partial charge on any atom is 0.230 e. The van der Waals surface area contributed by atoms with Gasteiger partial charge in [0.15, 0.2) is 0 Å². The third kappa shape index (κ3) is 2.44. The molecule has 0 bridgehead atoms. The average molecular weight is 260 g/mol. The lowest BCUT2D eigenvalue weighted by atomic mass is 10.1. The zero-order valence-electron chi connectivity index (χ0n) is 10.7. The smallest absolute Gasteiger partial charge is 0.230 e. The van der Waals surface area contributed by atoms with E-state index in [0.717, 1.165) is 24.8 Å². The van der Waals surface area contributed by atoms with Gasteiger partial charge in [-0.2, -0.15) is 4.98 Å². The van der Waals surface area contributed by atoms with E-state index in [1.54, 1.807) is 19.4 Å². The number of aromatic nitrogens is 3. The summed E-state index contributed by atoms with van der Waals surface area (Å²) in [5.74, 6) is 2.10. The Labute approximate surface area is 111 Å². The van der Waals surface area contributed by atoms with E-state index in [9.17, 15) is 0 Å². The Balaban J connectivity index is 1.80. The van der Waals surface area contributed by atoms with Gasteiger partial charge in [-0.05, 0) is 25.3 Å². The topological polar surface area (TPSA) is 87.1 Å². The van der Waals surface area contributed by atoms with Crippen LogP contribution in [0.2, 0.25) is 0 Å². The molecule has 0 spiro atoms. The van der Waals surface area contributed by atoms with Crippen LogP contribution in [0.25, 0.3) is 11.4 Å². The van der Waals surface area contributed by atoms with Gasteiger partial charge in [0.05, 0.1) is 7.11 Å². The summed E-state index contributed by atoms with van der Waals surface area (Å²) in [5.41, 5.74) is 6.72. The monoisotopic (exact) mass is 260 g/mol. The summed E-state index contributed by atoms with van der Waals surface area (Å²) in [6.45, 7) is 0. The van der Waals surface area contributed by atoms with Crippen LogP contribution in [0.15, 0.2) is 22.9 Å². The molecule has 2 aromatic heterocycles. The van der Waals surface area contributed by atoms with Crippen molar-refractivity contribution in [1.29, 1.82) is 0 Å². The zero-order chi connectivity index (χ0) is 13.2. The van der Waals surface area contributed by atoms with Gasteiger partial charge >= 0.3 is 0 Å². The quantitative estimate of drug-likeness (QED) is 0.904. The highest BCUT2D eigenvalue weighted by molar-refractivity contribution is 5.53. The summed E-state index contributed by atoms with van der Waals surface area (Å²) in [7, 11) is 1.58. The van der Waals surface area contributed by atoms with Gasteiger partial charge in [-0.1, -0.05) is 5.16 Å². The molecule has 2 unspecified atom stereocenters. The molecule has 0 saturated heterocycles. The lowest BCUT2D eigenvalue weighted by Crippen LogP contribution is -2.14. The molecule has 2 heterocycles. The number of nitrogens with two attached hydrogens (primary N) is 1. The van der Waals surface area contributed by atoms with Gasteiger partial charge in [-0.3, -0.25) is 0 Å². The van der Waals surface area contributed by atoms with E-state index in [-0.39, 0.29) is 6.04 Å². The Bertz CT molecular complexity index is 552. The number of ether oxygens (including phenoxy) is 1. The van der Waals surface area contributed by atoms with Crippen molar-refractivity contribution in [1.82, 2.24) is 15.1 Å². The Hall–Kier alpha value is -1.95. The first-order valence-electron chi connectivity index (χ1n) is 6.36. The molecule has 1 fully saturated rings. The van der Waals surface area contributed by atoms with Crippen LogP contribution < -0.4 is 10.5 Å². The van der Waals surface area contributed by atoms with Crippen molar-refractivity contribution in [2.45, 2.75) is 31.2 Å². The molecule has 0 radical (unpaired) electrons. The molecule has 0 aromatic carbocycles. The molecule has 2 N–H and O–H groups in total. The van der Waals surface area contributed by atoms with E-state index < -0.39 is 0 Å². The molecular weight excluding hydrogens is 244 g/mol. The van der Waals surface area contributed by atoms with Crippen molar-refractivity contribution >= 4 is 0 Å². The summed E-state index contributed by atoms with van der Waals surface area (Å²) in [4.78, 5) is 8.57. The first-order valence-corrected chi connectivity index (χ1v) is 6.36. The number of hydrogen-bond acceptors (Lipinski definition) is 6. The zero-order valence-corrected chi connectivity index (χ0v) is 10.7. The van der Waals surface area contributed by atoms with Crippen molar-refractivity contribution in [3.8, 4) is 17.3 Å². The van der Waals surface area contributed by atoms with Crippen molar-refractivity contribution in [2.75, 3.05) is 7.11 Å². The van der Waals surface area contributed by atoms with Crippen molar-refractivity contribution in [3.05, 3.63) is 24.2 Å². The second-order valence-corrected chi connectivity index (χ2v) is 4.82. The highest BCUT2D eigenvalue weighted by atomic mass is 16.5. The second kappa shape index (κ2) is 4.97. The minimum Gasteiger partial charge on any atom is -0.481 e.